The summed E-state index contributed by atoms with van der Waals surface area (Å²) in [5, 5.41) is 19.4. The molecular formula is C64H56Cl4F12N12O5. The first-order valence-electron chi connectivity index (χ1n) is 29.9. The molecule has 0 bridgehead atoms. The number of nitrogens with zero attached hydrogens (tertiary/aromatic N) is 9. The third-order valence-electron chi connectivity index (χ3n) is 16.1. The second kappa shape index (κ2) is 27.0. The van der Waals surface area contributed by atoms with Crippen LogP contribution in [0.5, 0.6) is 0 Å². The van der Waals surface area contributed by atoms with Crippen LogP contribution in [0.2, 0.25) is 20.1 Å². The number of fused-ring (bicyclic) bond motifs is 8. The molecular weight excluding hydrogens is 1390 g/mol. The Morgan fingerprint density at radius 3 is 1.15 bits per heavy atom. The maximum atomic E-state index is 14.4. The number of hydroxylamine groups is 2. The second-order valence-corrected chi connectivity index (χ2v) is 25.8. The maximum absolute atomic E-state index is 14.4. The Balaban J connectivity index is 0.000000131. The van der Waals surface area contributed by atoms with E-state index in [4.69, 9.17) is 65.4 Å². The number of hydrogen-bond acceptors (Lipinski definition) is 17. The summed E-state index contributed by atoms with van der Waals surface area (Å²) in [5.41, 5.74) is -12.0. The maximum Gasteiger partial charge on any atom is 0.426 e. The van der Waals surface area contributed by atoms with Crippen LogP contribution in [0.1, 0.15) is 92.3 Å². The van der Waals surface area contributed by atoms with Gasteiger partial charge in [-0.15, -0.1) is 0 Å². The molecule has 4 unspecified atom stereocenters. The summed E-state index contributed by atoms with van der Waals surface area (Å²) in [6.07, 6.45) is -2.43. The smallest absolute Gasteiger partial charge is 0.356 e. The molecule has 14 rings (SSSR count). The van der Waals surface area contributed by atoms with Crippen molar-refractivity contribution in [3.63, 3.8) is 0 Å². The van der Waals surface area contributed by atoms with E-state index in [0.717, 1.165) is 25.7 Å². The van der Waals surface area contributed by atoms with Gasteiger partial charge in [-0.25, -0.2) is 44.9 Å². The fourth-order valence-corrected chi connectivity index (χ4v) is 11.9. The van der Waals surface area contributed by atoms with Crippen molar-refractivity contribution in [3.05, 3.63) is 187 Å². The molecule has 7 aromatic rings. The first kappa shape index (κ1) is 70.8. The minimum atomic E-state index is -4.80. The Morgan fingerprint density at radius 2 is 0.804 bits per heavy atom. The Morgan fingerprint density at radius 1 is 0.474 bits per heavy atom. The number of hydrogen-bond donors (Lipinski definition) is 4. The first-order valence-corrected chi connectivity index (χ1v) is 31.4. The van der Waals surface area contributed by atoms with Gasteiger partial charge in [0.25, 0.3) is 0 Å². The summed E-state index contributed by atoms with van der Waals surface area (Å²) in [4.78, 5) is 32.0. The van der Waals surface area contributed by atoms with Crippen molar-refractivity contribution in [1.82, 2.24) is 40.0 Å². The van der Waals surface area contributed by atoms with E-state index in [2.05, 4.69) is 55.8 Å². The Bertz CT molecular complexity index is 3900. The van der Waals surface area contributed by atoms with Crippen molar-refractivity contribution in [2.75, 3.05) is 42.4 Å². The summed E-state index contributed by atoms with van der Waals surface area (Å²) in [6.45, 7) is 6.95. The molecule has 0 amide bonds. The van der Waals surface area contributed by atoms with Crippen LogP contribution in [-0.4, -0.2) is 102 Å². The van der Waals surface area contributed by atoms with E-state index < -0.39 is 47.1 Å². The summed E-state index contributed by atoms with van der Waals surface area (Å²) < 4.78 is 194. The van der Waals surface area contributed by atoms with Gasteiger partial charge in [0.05, 0.1) is 46.5 Å². The van der Waals surface area contributed by atoms with E-state index in [1.807, 2.05) is 0 Å². The number of ether oxygens (including phenoxy) is 4. The SMILES string of the molecule is CC(C)COC1(C(F)(F)F)c2cccnc2Nc2ncc(Cl)cc21.CC(C)COC1(C(F)(F)F)c2cccnc2Nc2ncc(Cl)cc21.FC(F)(F)C1(OCC2CC2)c2cccnc2Nc2ncc(Cl)cc21.ON1C=CC=C2C1=Nc1ncc(Cl)cc1C2(OCC1CC1)C(F)(F)F. The van der Waals surface area contributed by atoms with Gasteiger partial charge in [-0.05, 0) is 97.9 Å². The second-order valence-electron chi connectivity index (χ2n) is 24.1. The monoisotopic (exact) mass is 1440 g/mol. The van der Waals surface area contributed by atoms with Gasteiger partial charge in [0.1, 0.15) is 34.9 Å². The molecule has 0 aromatic carbocycles. The molecule has 514 valence electrons. The van der Waals surface area contributed by atoms with Crippen molar-refractivity contribution in [2.45, 2.75) is 100 Å². The van der Waals surface area contributed by atoms with Crippen molar-refractivity contribution < 1.29 is 76.8 Å². The lowest BCUT2D eigenvalue weighted by atomic mass is 9.81. The van der Waals surface area contributed by atoms with E-state index in [1.165, 1.54) is 122 Å². The van der Waals surface area contributed by atoms with Crippen molar-refractivity contribution in [2.24, 2.45) is 28.7 Å². The highest BCUT2D eigenvalue weighted by molar-refractivity contribution is 6.31. The number of halogens is 16. The standard InChI is InChI=1S/C16H13ClF3N3O2.C16H13ClF3N3O.2C16H15ClF3N3O/c17-10-6-12-13(21-7-10)22-14-11(2-1-5-23(14)24)15(12,16(18,19)20)25-8-9-3-4-9;17-10-6-12-14(22-7-10)23-13-11(2-1-5-21-13)15(12,16(18,19)20)24-8-9-3-4-9;2*1-9(2)8-24-15(16(18,19)20)11-4-3-5-21-13(11)23-14-12(15)6-10(17)7-22-14/h1-2,5-7,9,24H,3-4,8H2;1-2,5-7,9H,3-4,8H2,(H,21,22,23);2*3-7,9H,8H2,1-2H3,(H,21,22,23). The van der Waals surface area contributed by atoms with Gasteiger partial charge in [-0.3, -0.25) is 5.21 Å². The van der Waals surface area contributed by atoms with E-state index >= 15 is 0 Å². The molecule has 2 fully saturated rings. The van der Waals surface area contributed by atoms with Crippen LogP contribution in [0.15, 0.2) is 133 Å². The number of amidine groups is 1. The minimum absolute atomic E-state index is 0.0276. The molecule has 5 aliphatic heterocycles. The van der Waals surface area contributed by atoms with Crippen molar-refractivity contribution in [3.8, 4) is 0 Å². The lowest BCUT2D eigenvalue weighted by Crippen LogP contribution is -2.52. The van der Waals surface area contributed by atoms with Crippen molar-refractivity contribution >= 4 is 93.0 Å². The number of anilines is 6. The Labute approximate surface area is 565 Å². The number of pyridine rings is 7. The topological polar surface area (TPSA) is 199 Å². The zero-order valence-corrected chi connectivity index (χ0v) is 54.2. The quantitative estimate of drug-likeness (QED) is 0.0842. The zero-order chi connectivity index (χ0) is 69.8. The van der Waals surface area contributed by atoms with E-state index in [0.29, 0.717) is 5.06 Å². The molecule has 2 aliphatic carbocycles. The molecule has 97 heavy (non-hydrogen) atoms. The largest absolute Gasteiger partial charge is 0.426 e. The first-order chi connectivity index (χ1) is 45.7. The van der Waals surface area contributed by atoms with Crippen LogP contribution in [0.25, 0.3) is 0 Å². The number of rotatable bonds is 12. The average Bonchev–Trinajstić information content (AvgIpc) is 1.24. The normalized spacial score (nSPS) is 21.8. The Kier molecular flexibility index (Phi) is 19.7. The lowest BCUT2D eigenvalue weighted by molar-refractivity contribution is -0.269. The molecule has 4 N–H and O–H groups in total. The van der Waals surface area contributed by atoms with Gasteiger partial charge in [0, 0.05) is 94.1 Å². The minimum Gasteiger partial charge on any atom is -0.356 e. The van der Waals surface area contributed by atoms with E-state index in [1.54, 1.807) is 27.7 Å². The van der Waals surface area contributed by atoms with Crippen LogP contribution in [0.3, 0.4) is 0 Å². The predicted molar refractivity (Wildman–Crippen MR) is 335 cm³/mol. The van der Waals surface area contributed by atoms with Crippen molar-refractivity contribution in [1.29, 1.82) is 0 Å². The average molecular weight is 1440 g/mol. The van der Waals surface area contributed by atoms with Crippen LogP contribution in [0.4, 0.5) is 93.4 Å². The summed E-state index contributed by atoms with van der Waals surface area (Å²) in [6, 6.07) is 13.3. The van der Waals surface area contributed by atoms with Gasteiger partial charge >= 0.3 is 24.7 Å². The molecule has 0 saturated heterocycles. The molecule has 0 radical (unpaired) electrons. The summed E-state index contributed by atoms with van der Waals surface area (Å²) in [5.74, 6) is -0.00891. The molecule has 4 atom stereocenters. The molecule has 2 saturated carbocycles. The fraction of sp³-hybridized carbons (Fsp3) is 0.375. The van der Waals surface area contributed by atoms with Gasteiger partial charge in [0.15, 0.2) is 11.7 Å². The number of nitrogens with one attached hydrogen (secondary N) is 3. The summed E-state index contributed by atoms with van der Waals surface area (Å²) in [7, 11) is 0. The molecule has 7 aliphatic rings. The Hall–Kier alpha value is -7.48. The number of aromatic nitrogens is 7. The van der Waals surface area contributed by atoms with E-state index in [9.17, 15) is 57.9 Å². The van der Waals surface area contributed by atoms with Gasteiger partial charge in [-0.2, -0.15) is 52.7 Å². The number of allylic oxidation sites excluding steroid dienone is 2. The number of aliphatic imine (C=N–C) groups is 1. The molecule has 12 heterocycles. The van der Waals surface area contributed by atoms with Gasteiger partial charge in [-0.1, -0.05) is 98.4 Å². The van der Waals surface area contributed by atoms with Crippen LogP contribution < -0.4 is 16.0 Å². The van der Waals surface area contributed by atoms with Crippen LogP contribution >= 0.6 is 46.4 Å². The highest BCUT2D eigenvalue weighted by Gasteiger charge is 2.67. The lowest BCUT2D eigenvalue weighted by Gasteiger charge is -2.42. The highest BCUT2D eigenvalue weighted by Crippen LogP contribution is 2.59. The molecule has 17 nitrogen and oxygen atoms in total. The predicted octanol–water partition coefficient (Wildman–Crippen LogP) is 17.9. The van der Waals surface area contributed by atoms with E-state index in [-0.39, 0.29) is 161 Å². The van der Waals surface area contributed by atoms with Crippen LogP contribution in [-0.2, 0) is 41.4 Å². The molecule has 33 heteroatoms. The fourth-order valence-electron chi connectivity index (χ4n) is 11.3. The third-order valence-corrected chi connectivity index (χ3v) is 16.9. The van der Waals surface area contributed by atoms with Gasteiger partial charge in [0.2, 0.25) is 22.4 Å². The van der Waals surface area contributed by atoms with Crippen LogP contribution in [0, 0.1) is 23.7 Å². The molecule has 7 aromatic heterocycles. The number of alkyl halides is 12. The highest BCUT2D eigenvalue weighted by atomic mass is 35.5. The zero-order valence-electron chi connectivity index (χ0n) is 51.2. The summed E-state index contributed by atoms with van der Waals surface area (Å²) >= 11 is 23.7. The molecule has 0 spiro atoms. The third kappa shape index (κ3) is 13.5. The van der Waals surface area contributed by atoms with Gasteiger partial charge < -0.3 is 34.9 Å².